The van der Waals surface area contributed by atoms with Crippen molar-refractivity contribution in [1.82, 2.24) is 5.32 Å². The summed E-state index contributed by atoms with van der Waals surface area (Å²) >= 11 is 0. The van der Waals surface area contributed by atoms with E-state index in [2.05, 4.69) is 17.4 Å². The van der Waals surface area contributed by atoms with Gasteiger partial charge >= 0.3 is 0 Å². The Morgan fingerprint density at radius 1 is 1.11 bits per heavy atom. The first-order valence-corrected chi connectivity index (χ1v) is 6.61. The Kier molecular flexibility index (Phi) is 3.67. The predicted molar refractivity (Wildman–Crippen MR) is 68.1 cm³/mol. The van der Waals surface area contributed by atoms with Gasteiger partial charge in [0.2, 0.25) is 0 Å². The molecule has 1 aromatic carbocycles. The highest BCUT2D eigenvalue weighted by Crippen LogP contribution is 2.30. The van der Waals surface area contributed by atoms with Gasteiger partial charge < -0.3 is 19.5 Å². The molecule has 1 fully saturated rings. The second-order valence-electron chi connectivity index (χ2n) is 4.77. The minimum absolute atomic E-state index is 0.479. The zero-order valence-corrected chi connectivity index (χ0v) is 10.5. The van der Waals surface area contributed by atoms with Crippen LogP contribution in [0.3, 0.4) is 0 Å². The molecule has 2 aliphatic heterocycles. The third kappa shape index (κ3) is 2.76. The molecule has 0 bridgehead atoms. The Morgan fingerprint density at radius 2 is 2.00 bits per heavy atom. The van der Waals surface area contributed by atoms with Crippen LogP contribution in [0, 0.1) is 0 Å². The van der Waals surface area contributed by atoms with Crippen LogP contribution in [0.2, 0.25) is 0 Å². The summed E-state index contributed by atoms with van der Waals surface area (Å²) in [7, 11) is 0. The van der Waals surface area contributed by atoms with Gasteiger partial charge in [-0.05, 0) is 30.5 Å². The van der Waals surface area contributed by atoms with E-state index in [-0.39, 0.29) is 0 Å². The summed E-state index contributed by atoms with van der Waals surface area (Å²) in [6.45, 7) is 3.86. The first kappa shape index (κ1) is 11.8. The van der Waals surface area contributed by atoms with Gasteiger partial charge in [-0.3, -0.25) is 0 Å². The van der Waals surface area contributed by atoms with Crippen molar-refractivity contribution in [2.24, 2.45) is 0 Å². The molecule has 4 heteroatoms. The van der Waals surface area contributed by atoms with E-state index >= 15 is 0 Å². The average Bonchev–Trinajstić information content (AvgIpc) is 2.46. The number of fused-ring (bicyclic) bond motifs is 1. The summed E-state index contributed by atoms with van der Waals surface area (Å²) in [4.78, 5) is 0. The molecular weight excluding hydrogens is 230 g/mol. The monoisotopic (exact) mass is 249 g/mol. The van der Waals surface area contributed by atoms with Crippen molar-refractivity contribution < 1.29 is 14.2 Å². The van der Waals surface area contributed by atoms with Crippen LogP contribution in [0.4, 0.5) is 0 Å². The highest BCUT2D eigenvalue weighted by Gasteiger charge is 2.14. The van der Waals surface area contributed by atoms with Crippen LogP contribution in [0.25, 0.3) is 0 Å². The molecule has 0 aromatic heterocycles. The van der Waals surface area contributed by atoms with Crippen LogP contribution in [0.5, 0.6) is 11.5 Å². The molecule has 0 spiro atoms. The molecule has 0 saturated carbocycles. The Hall–Kier alpha value is -1.26. The Morgan fingerprint density at radius 3 is 2.83 bits per heavy atom. The van der Waals surface area contributed by atoms with Crippen molar-refractivity contribution in [3.05, 3.63) is 23.8 Å². The lowest BCUT2D eigenvalue weighted by Crippen LogP contribution is -2.36. The van der Waals surface area contributed by atoms with Crippen LogP contribution < -0.4 is 14.8 Å². The molecule has 0 amide bonds. The number of rotatable bonds is 3. The standard InChI is InChI=1S/C14H19NO3/c1-2-12(10-16-5-1)15-9-11-3-4-13-14(8-11)18-7-6-17-13/h3-4,8,12,15H,1-2,5-7,9-10H2. The fraction of sp³-hybridized carbons (Fsp3) is 0.571. The molecule has 1 N–H and O–H groups in total. The van der Waals surface area contributed by atoms with E-state index in [1.165, 1.54) is 12.0 Å². The number of ether oxygens (including phenoxy) is 3. The third-order valence-electron chi connectivity index (χ3n) is 3.36. The molecule has 4 nitrogen and oxygen atoms in total. The molecule has 0 radical (unpaired) electrons. The topological polar surface area (TPSA) is 39.7 Å². The summed E-state index contributed by atoms with van der Waals surface area (Å²) in [5.74, 6) is 1.71. The van der Waals surface area contributed by atoms with Crippen molar-refractivity contribution in [2.75, 3.05) is 26.4 Å². The first-order valence-electron chi connectivity index (χ1n) is 6.61. The normalized spacial score (nSPS) is 22.8. The fourth-order valence-corrected chi connectivity index (χ4v) is 2.36. The van der Waals surface area contributed by atoms with Crippen molar-refractivity contribution >= 4 is 0 Å². The molecule has 98 valence electrons. The van der Waals surface area contributed by atoms with E-state index in [1.54, 1.807) is 0 Å². The largest absolute Gasteiger partial charge is 0.486 e. The molecule has 3 rings (SSSR count). The van der Waals surface area contributed by atoms with E-state index in [9.17, 15) is 0 Å². The molecule has 18 heavy (non-hydrogen) atoms. The number of hydrogen-bond donors (Lipinski definition) is 1. The molecule has 1 aromatic rings. The van der Waals surface area contributed by atoms with E-state index < -0.39 is 0 Å². The second kappa shape index (κ2) is 5.59. The molecule has 1 atom stereocenters. The van der Waals surface area contributed by atoms with Crippen molar-refractivity contribution in [1.29, 1.82) is 0 Å². The molecule has 0 aliphatic carbocycles. The smallest absolute Gasteiger partial charge is 0.161 e. The third-order valence-corrected chi connectivity index (χ3v) is 3.36. The molecule has 1 saturated heterocycles. The Balaban J connectivity index is 1.58. The number of nitrogens with one attached hydrogen (secondary N) is 1. The first-order chi connectivity index (χ1) is 8.92. The maximum Gasteiger partial charge on any atom is 0.161 e. The van der Waals surface area contributed by atoms with Gasteiger partial charge in [0.25, 0.3) is 0 Å². The maximum atomic E-state index is 5.58. The SMILES string of the molecule is c1cc2c(cc1CNC1CCCOC1)OCCO2. The van der Waals surface area contributed by atoms with Crippen molar-refractivity contribution in [3.63, 3.8) is 0 Å². The van der Waals surface area contributed by atoms with Gasteiger partial charge in [0.15, 0.2) is 11.5 Å². The van der Waals surface area contributed by atoms with E-state index in [1.807, 2.05) is 6.07 Å². The zero-order valence-electron chi connectivity index (χ0n) is 10.5. The van der Waals surface area contributed by atoms with Gasteiger partial charge in [0.1, 0.15) is 13.2 Å². The van der Waals surface area contributed by atoms with Gasteiger partial charge in [0, 0.05) is 19.2 Å². The Bertz CT molecular complexity index is 402. The minimum Gasteiger partial charge on any atom is -0.486 e. The van der Waals surface area contributed by atoms with Gasteiger partial charge in [-0.1, -0.05) is 6.07 Å². The Labute approximate surface area is 107 Å². The highest BCUT2D eigenvalue weighted by molar-refractivity contribution is 5.43. The van der Waals surface area contributed by atoms with Gasteiger partial charge in [0.05, 0.1) is 6.61 Å². The number of benzene rings is 1. The van der Waals surface area contributed by atoms with E-state index in [0.717, 1.165) is 37.7 Å². The molecular formula is C14H19NO3. The van der Waals surface area contributed by atoms with E-state index in [4.69, 9.17) is 14.2 Å². The lowest BCUT2D eigenvalue weighted by atomic mass is 10.1. The van der Waals surface area contributed by atoms with Crippen LogP contribution in [0.1, 0.15) is 18.4 Å². The van der Waals surface area contributed by atoms with Gasteiger partial charge in [-0.15, -0.1) is 0 Å². The summed E-state index contributed by atoms with van der Waals surface area (Å²) in [6.07, 6.45) is 2.35. The van der Waals surface area contributed by atoms with Crippen LogP contribution in [0.15, 0.2) is 18.2 Å². The quantitative estimate of drug-likeness (QED) is 0.885. The minimum atomic E-state index is 0.479. The van der Waals surface area contributed by atoms with Crippen LogP contribution >= 0.6 is 0 Å². The van der Waals surface area contributed by atoms with Crippen LogP contribution in [-0.4, -0.2) is 32.5 Å². The molecule has 1 unspecified atom stereocenters. The maximum absolute atomic E-state index is 5.58. The fourth-order valence-electron chi connectivity index (χ4n) is 2.36. The lowest BCUT2D eigenvalue weighted by Gasteiger charge is -2.24. The van der Waals surface area contributed by atoms with Gasteiger partial charge in [-0.25, -0.2) is 0 Å². The zero-order chi connectivity index (χ0) is 12.2. The van der Waals surface area contributed by atoms with Crippen molar-refractivity contribution in [2.45, 2.75) is 25.4 Å². The van der Waals surface area contributed by atoms with Crippen molar-refractivity contribution in [3.8, 4) is 11.5 Å². The summed E-state index contributed by atoms with van der Waals surface area (Å²) in [6, 6.07) is 6.62. The summed E-state index contributed by atoms with van der Waals surface area (Å²) < 4.78 is 16.5. The van der Waals surface area contributed by atoms with Gasteiger partial charge in [-0.2, -0.15) is 0 Å². The highest BCUT2D eigenvalue weighted by atomic mass is 16.6. The second-order valence-corrected chi connectivity index (χ2v) is 4.77. The predicted octanol–water partition coefficient (Wildman–Crippen LogP) is 1.73. The molecule has 2 heterocycles. The molecule has 2 aliphatic rings. The summed E-state index contributed by atoms with van der Waals surface area (Å²) in [5, 5.41) is 3.52. The van der Waals surface area contributed by atoms with Crippen LogP contribution in [-0.2, 0) is 11.3 Å². The van der Waals surface area contributed by atoms with E-state index in [0.29, 0.717) is 19.3 Å². The number of hydrogen-bond acceptors (Lipinski definition) is 4. The average molecular weight is 249 g/mol. The summed E-state index contributed by atoms with van der Waals surface area (Å²) in [5.41, 5.74) is 1.23. The lowest BCUT2D eigenvalue weighted by molar-refractivity contribution is 0.0699.